The number of aliphatic hydroxyl groups is 2. The molecule has 4 heteroatoms. The van der Waals surface area contributed by atoms with Gasteiger partial charge < -0.3 is 15.1 Å². The lowest BCUT2D eigenvalue weighted by molar-refractivity contribution is -0.126. The first-order valence-corrected chi connectivity index (χ1v) is 7.89. The molecule has 0 radical (unpaired) electrons. The van der Waals surface area contributed by atoms with Gasteiger partial charge in [0, 0.05) is 12.6 Å². The molecule has 2 fully saturated rings. The lowest BCUT2D eigenvalue weighted by Crippen LogP contribution is -2.41. The van der Waals surface area contributed by atoms with Gasteiger partial charge in [0.15, 0.2) is 0 Å². The van der Waals surface area contributed by atoms with E-state index in [1.807, 2.05) is 6.08 Å². The molecule has 1 amide bonds. The van der Waals surface area contributed by atoms with Crippen LogP contribution in [0.25, 0.3) is 0 Å². The van der Waals surface area contributed by atoms with Gasteiger partial charge in [0.1, 0.15) is 0 Å². The monoisotopic (exact) mass is 281 g/mol. The third-order valence-corrected chi connectivity index (χ3v) is 5.01. The van der Waals surface area contributed by atoms with E-state index in [0.29, 0.717) is 12.8 Å². The standard InChI is InChI=1S/C16H27NO3/c1-2-8-16(9-4-10-16)14(19)5-3-11-17-13(12-18)6-7-15(17)20/h3,11,13-14,18-19H,2,4-10,12H2,1H3/b11-3+/t13-,14?/m1/s1. The minimum Gasteiger partial charge on any atom is -0.394 e. The quantitative estimate of drug-likeness (QED) is 0.752. The molecule has 0 spiro atoms. The summed E-state index contributed by atoms with van der Waals surface area (Å²) in [6.45, 7) is 2.18. The van der Waals surface area contributed by atoms with Gasteiger partial charge in [-0.2, -0.15) is 0 Å². The number of likely N-dealkylation sites (tertiary alicyclic amines) is 1. The Hall–Kier alpha value is -0.870. The highest BCUT2D eigenvalue weighted by atomic mass is 16.3. The molecule has 1 aliphatic carbocycles. The van der Waals surface area contributed by atoms with Crippen molar-refractivity contribution in [3.05, 3.63) is 12.3 Å². The van der Waals surface area contributed by atoms with Crippen molar-refractivity contribution in [2.45, 2.75) is 70.4 Å². The first-order valence-electron chi connectivity index (χ1n) is 7.89. The van der Waals surface area contributed by atoms with Gasteiger partial charge in [0.2, 0.25) is 5.91 Å². The number of rotatable bonds is 7. The van der Waals surface area contributed by atoms with E-state index in [0.717, 1.165) is 32.1 Å². The van der Waals surface area contributed by atoms with Gasteiger partial charge in [-0.25, -0.2) is 0 Å². The second-order valence-corrected chi connectivity index (χ2v) is 6.28. The molecule has 2 N–H and O–H groups in total. The summed E-state index contributed by atoms with van der Waals surface area (Å²) in [7, 11) is 0. The molecule has 20 heavy (non-hydrogen) atoms. The Morgan fingerprint density at radius 1 is 1.50 bits per heavy atom. The van der Waals surface area contributed by atoms with Crippen molar-refractivity contribution in [3.8, 4) is 0 Å². The summed E-state index contributed by atoms with van der Waals surface area (Å²) in [4.78, 5) is 13.3. The highest BCUT2D eigenvalue weighted by molar-refractivity contribution is 5.79. The van der Waals surface area contributed by atoms with Crippen molar-refractivity contribution in [2.24, 2.45) is 5.41 Å². The van der Waals surface area contributed by atoms with Crippen molar-refractivity contribution < 1.29 is 15.0 Å². The van der Waals surface area contributed by atoms with Crippen LogP contribution < -0.4 is 0 Å². The van der Waals surface area contributed by atoms with Crippen molar-refractivity contribution in [2.75, 3.05) is 6.61 Å². The van der Waals surface area contributed by atoms with E-state index in [4.69, 9.17) is 0 Å². The van der Waals surface area contributed by atoms with Gasteiger partial charge in [-0.3, -0.25) is 4.79 Å². The summed E-state index contributed by atoms with van der Waals surface area (Å²) in [5.41, 5.74) is 0.116. The summed E-state index contributed by atoms with van der Waals surface area (Å²) >= 11 is 0. The normalized spacial score (nSPS) is 27.1. The van der Waals surface area contributed by atoms with Crippen LogP contribution in [0.5, 0.6) is 0 Å². The van der Waals surface area contributed by atoms with E-state index in [-0.39, 0.29) is 30.1 Å². The van der Waals surface area contributed by atoms with Crippen LogP contribution in [0.15, 0.2) is 12.3 Å². The zero-order chi connectivity index (χ0) is 14.6. The van der Waals surface area contributed by atoms with Crippen molar-refractivity contribution in [1.82, 2.24) is 4.90 Å². The van der Waals surface area contributed by atoms with Crippen LogP contribution in [0.1, 0.15) is 58.3 Å². The van der Waals surface area contributed by atoms with Gasteiger partial charge in [-0.1, -0.05) is 25.8 Å². The third kappa shape index (κ3) is 3.07. The smallest absolute Gasteiger partial charge is 0.226 e. The SMILES string of the molecule is CCCC1(C(O)C/C=C/N2C(=O)CC[C@@H]2CO)CCC1. The Bertz CT molecular complexity index is 363. The molecule has 2 rings (SSSR count). The van der Waals surface area contributed by atoms with E-state index < -0.39 is 0 Å². The number of hydrogen-bond acceptors (Lipinski definition) is 3. The fraction of sp³-hybridized carbons (Fsp3) is 0.812. The molecule has 1 unspecified atom stereocenters. The number of amides is 1. The number of aliphatic hydroxyl groups excluding tert-OH is 2. The molecule has 1 saturated heterocycles. The molecule has 1 aliphatic heterocycles. The first kappa shape index (κ1) is 15.5. The van der Waals surface area contributed by atoms with Crippen LogP contribution in [-0.4, -0.2) is 39.8 Å². The van der Waals surface area contributed by atoms with E-state index >= 15 is 0 Å². The fourth-order valence-corrected chi connectivity index (χ4v) is 3.58. The predicted octanol–water partition coefficient (Wildman–Crippen LogP) is 2.20. The second kappa shape index (κ2) is 6.72. The summed E-state index contributed by atoms with van der Waals surface area (Å²) in [5.74, 6) is 0.0710. The van der Waals surface area contributed by atoms with Crippen LogP contribution in [0.3, 0.4) is 0 Å². The Morgan fingerprint density at radius 2 is 2.25 bits per heavy atom. The molecular weight excluding hydrogens is 254 g/mol. The van der Waals surface area contributed by atoms with E-state index in [9.17, 15) is 15.0 Å². The molecule has 2 atom stereocenters. The number of nitrogens with zero attached hydrogens (tertiary/aromatic N) is 1. The van der Waals surface area contributed by atoms with Crippen LogP contribution in [0.4, 0.5) is 0 Å². The topological polar surface area (TPSA) is 60.8 Å². The molecule has 0 bridgehead atoms. The molecular formula is C16H27NO3. The Balaban J connectivity index is 1.87. The lowest BCUT2D eigenvalue weighted by atomic mass is 9.62. The summed E-state index contributed by atoms with van der Waals surface area (Å²) in [5, 5.41) is 19.6. The molecule has 0 aromatic rings. The lowest BCUT2D eigenvalue weighted by Gasteiger charge is -2.45. The average molecular weight is 281 g/mol. The van der Waals surface area contributed by atoms with Crippen LogP contribution in [-0.2, 0) is 4.79 Å². The zero-order valence-corrected chi connectivity index (χ0v) is 12.4. The van der Waals surface area contributed by atoms with Crippen molar-refractivity contribution >= 4 is 5.91 Å². The van der Waals surface area contributed by atoms with Gasteiger partial charge in [0.05, 0.1) is 18.8 Å². The zero-order valence-electron chi connectivity index (χ0n) is 12.4. The summed E-state index contributed by atoms with van der Waals surface area (Å²) in [6.07, 6.45) is 10.8. The average Bonchev–Trinajstić information content (AvgIpc) is 2.74. The number of carbonyl (C=O) groups is 1. The van der Waals surface area contributed by atoms with E-state index in [1.54, 1.807) is 11.1 Å². The highest BCUT2D eigenvalue weighted by Gasteiger charge is 2.41. The molecule has 1 heterocycles. The molecule has 2 aliphatic rings. The second-order valence-electron chi connectivity index (χ2n) is 6.28. The Morgan fingerprint density at radius 3 is 2.80 bits per heavy atom. The van der Waals surface area contributed by atoms with Crippen LogP contribution >= 0.6 is 0 Å². The van der Waals surface area contributed by atoms with Gasteiger partial charge in [-0.05, 0) is 37.5 Å². The van der Waals surface area contributed by atoms with Gasteiger partial charge in [0.25, 0.3) is 0 Å². The first-order chi connectivity index (χ1) is 9.63. The summed E-state index contributed by atoms with van der Waals surface area (Å²) in [6, 6.07) is -0.0794. The minimum atomic E-state index is -0.308. The number of hydrogen-bond donors (Lipinski definition) is 2. The maximum Gasteiger partial charge on any atom is 0.226 e. The predicted molar refractivity (Wildman–Crippen MR) is 77.9 cm³/mol. The molecule has 114 valence electrons. The highest BCUT2D eigenvalue weighted by Crippen LogP contribution is 2.48. The minimum absolute atomic E-state index is 0.0123. The Labute approximate surface area is 121 Å². The maximum atomic E-state index is 11.7. The van der Waals surface area contributed by atoms with Crippen LogP contribution in [0.2, 0.25) is 0 Å². The van der Waals surface area contributed by atoms with E-state index in [2.05, 4.69) is 6.92 Å². The largest absolute Gasteiger partial charge is 0.394 e. The molecule has 1 saturated carbocycles. The fourth-order valence-electron chi connectivity index (χ4n) is 3.58. The molecule has 0 aromatic heterocycles. The maximum absolute atomic E-state index is 11.7. The molecule has 0 aromatic carbocycles. The summed E-state index contributed by atoms with van der Waals surface area (Å²) < 4.78 is 0. The van der Waals surface area contributed by atoms with Crippen LogP contribution in [0, 0.1) is 5.41 Å². The van der Waals surface area contributed by atoms with E-state index in [1.165, 1.54) is 6.42 Å². The van der Waals surface area contributed by atoms with Gasteiger partial charge >= 0.3 is 0 Å². The number of carbonyl (C=O) groups excluding carboxylic acids is 1. The molecule has 4 nitrogen and oxygen atoms in total. The Kier molecular flexibility index (Phi) is 5.22. The van der Waals surface area contributed by atoms with Crippen molar-refractivity contribution in [3.63, 3.8) is 0 Å². The van der Waals surface area contributed by atoms with Crippen molar-refractivity contribution in [1.29, 1.82) is 0 Å². The third-order valence-electron chi connectivity index (χ3n) is 5.01. The van der Waals surface area contributed by atoms with Gasteiger partial charge in [-0.15, -0.1) is 0 Å².